The highest BCUT2D eigenvalue weighted by molar-refractivity contribution is 14.1. The molecule has 0 bridgehead atoms. The van der Waals surface area contributed by atoms with Gasteiger partial charge in [0.05, 0.1) is 9.26 Å². The fourth-order valence-corrected chi connectivity index (χ4v) is 4.46. The lowest BCUT2D eigenvalue weighted by Crippen LogP contribution is -2.54. The number of halogens is 2. The lowest BCUT2D eigenvalue weighted by Gasteiger charge is -2.26. The topological polar surface area (TPSA) is 94.2 Å². The summed E-state index contributed by atoms with van der Waals surface area (Å²) >= 11 is 8.30. The lowest BCUT2D eigenvalue weighted by atomic mass is 10.1. The van der Waals surface area contributed by atoms with E-state index in [-0.39, 0.29) is 18.1 Å². The highest BCUT2D eigenvalue weighted by Gasteiger charge is 2.37. The van der Waals surface area contributed by atoms with Gasteiger partial charge in [0.25, 0.3) is 11.8 Å². The zero-order chi connectivity index (χ0) is 24.5. The van der Waals surface area contributed by atoms with Crippen molar-refractivity contribution in [1.82, 2.24) is 5.32 Å². The van der Waals surface area contributed by atoms with E-state index in [0.29, 0.717) is 34.4 Å². The van der Waals surface area contributed by atoms with E-state index >= 15 is 0 Å². The number of hydrogen-bond donors (Lipinski definition) is 1. The normalized spacial score (nSPS) is 16.0. The van der Waals surface area contributed by atoms with Crippen LogP contribution in [0.5, 0.6) is 17.2 Å². The van der Waals surface area contributed by atoms with E-state index < -0.39 is 17.8 Å². The van der Waals surface area contributed by atoms with Crippen LogP contribution in [0.3, 0.4) is 0 Å². The van der Waals surface area contributed by atoms with Crippen LogP contribution in [0.2, 0.25) is 5.02 Å². The Morgan fingerprint density at radius 2 is 1.83 bits per heavy atom. The highest BCUT2D eigenvalue weighted by atomic mass is 127. The first kappa shape index (κ1) is 23.2. The Morgan fingerprint density at radius 1 is 1.03 bits per heavy atom. The predicted molar refractivity (Wildman–Crippen MR) is 137 cm³/mol. The molecule has 2 heterocycles. The summed E-state index contributed by atoms with van der Waals surface area (Å²) in [6.07, 6.45) is 1.43. The van der Waals surface area contributed by atoms with Crippen molar-refractivity contribution in [2.75, 3.05) is 11.7 Å². The molecule has 0 aromatic heterocycles. The Morgan fingerprint density at radius 3 is 2.63 bits per heavy atom. The van der Waals surface area contributed by atoms with Gasteiger partial charge in [0.1, 0.15) is 17.9 Å². The van der Waals surface area contributed by atoms with Gasteiger partial charge in [-0.3, -0.25) is 14.9 Å². The second-order valence-electron chi connectivity index (χ2n) is 7.57. The minimum absolute atomic E-state index is 0.0549. The number of amides is 4. The summed E-state index contributed by atoms with van der Waals surface area (Å²) in [4.78, 5) is 39.0. The molecule has 0 spiro atoms. The average Bonchev–Trinajstić information content (AvgIpc) is 3.30. The van der Waals surface area contributed by atoms with Crippen LogP contribution < -0.4 is 24.4 Å². The molecule has 1 N–H and O–H groups in total. The smallest absolute Gasteiger partial charge is 0.335 e. The fourth-order valence-electron chi connectivity index (χ4n) is 3.58. The van der Waals surface area contributed by atoms with Crippen LogP contribution in [0.15, 0.2) is 66.2 Å². The van der Waals surface area contributed by atoms with Crippen LogP contribution in [-0.4, -0.2) is 24.6 Å². The van der Waals surface area contributed by atoms with Crippen molar-refractivity contribution in [3.8, 4) is 17.2 Å². The molecule has 5 rings (SSSR count). The maximum Gasteiger partial charge on any atom is 0.335 e. The van der Waals surface area contributed by atoms with Crippen molar-refractivity contribution in [2.24, 2.45) is 0 Å². The summed E-state index contributed by atoms with van der Waals surface area (Å²) in [6.45, 7) is 0.350. The molecule has 1 saturated heterocycles. The molecule has 8 nitrogen and oxygen atoms in total. The van der Waals surface area contributed by atoms with E-state index in [4.69, 9.17) is 25.8 Å². The maximum atomic E-state index is 13.2. The monoisotopic (exact) mass is 602 g/mol. The van der Waals surface area contributed by atoms with Crippen LogP contribution in [0.4, 0.5) is 10.5 Å². The molecule has 3 aromatic rings. The molecule has 3 aromatic carbocycles. The van der Waals surface area contributed by atoms with Gasteiger partial charge in [0, 0.05) is 16.7 Å². The number of rotatable bonds is 5. The highest BCUT2D eigenvalue weighted by Crippen LogP contribution is 2.36. The summed E-state index contributed by atoms with van der Waals surface area (Å²) in [5, 5.41) is 2.83. The van der Waals surface area contributed by atoms with Crippen molar-refractivity contribution < 1.29 is 28.6 Å². The molecule has 0 radical (unpaired) electrons. The number of nitrogens with zero attached hydrogens (tertiary/aromatic N) is 1. The minimum atomic E-state index is -0.839. The second-order valence-corrected chi connectivity index (χ2v) is 9.13. The molecule has 2 aliphatic rings. The van der Waals surface area contributed by atoms with Crippen LogP contribution in [0.25, 0.3) is 6.08 Å². The molecule has 0 saturated carbocycles. The lowest BCUT2D eigenvalue weighted by molar-refractivity contribution is -0.122. The van der Waals surface area contributed by atoms with Gasteiger partial charge in [0.2, 0.25) is 6.79 Å². The molecule has 35 heavy (non-hydrogen) atoms. The third-order valence-electron chi connectivity index (χ3n) is 5.32. The number of urea groups is 1. The quantitative estimate of drug-likeness (QED) is 0.253. The van der Waals surface area contributed by atoms with Crippen molar-refractivity contribution in [2.45, 2.75) is 6.61 Å². The van der Waals surface area contributed by atoms with Gasteiger partial charge >= 0.3 is 6.03 Å². The first-order valence-corrected chi connectivity index (χ1v) is 11.8. The number of anilines is 1. The molecule has 4 amide bonds. The molecular formula is C25H16ClIN2O6. The number of hydrogen-bond acceptors (Lipinski definition) is 6. The number of ether oxygens (including phenoxy) is 3. The van der Waals surface area contributed by atoms with E-state index in [1.165, 1.54) is 12.1 Å². The van der Waals surface area contributed by atoms with Crippen molar-refractivity contribution in [3.05, 3.63) is 86.0 Å². The Hall–Kier alpha value is -3.57. The van der Waals surface area contributed by atoms with Gasteiger partial charge in [0.15, 0.2) is 11.5 Å². The van der Waals surface area contributed by atoms with Crippen molar-refractivity contribution >= 4 is 63.8 Å². The molecule has 0 atom stereocenters. The summed E-state index contributed by atoms with van der Waals surface area (Å²) in [7, 11) is 0. The Kier molecular flexibility index (Phi) is 6.35. The Labute approximate surface area is 218 Å². The van der Waals surface area contributed by atoms with E-state index in [9.17, 15) is 14.4 Å². The fraction of sp³-hybridized carbons (Fsp3) is 0.0800. The molecule has 2 aliphatic heterocycles. The van der Waals surface area contributed by atoms with E-state index in [1.54, 1.807) is 36.4 Å². The van der Waals surface area contributed by atoms with E-state index in [0.717, 1.165) is 14.0 Å². The van der Waals surface area contributed by atoms with Gasteiger partial charge in [-0.15, -0.1) is 0 Å². The molecule has 0 aliphatic carbocycles. The summed E-state index contributed by atoms with van der Waals surface area (Å²) in [5.74, 6) is 0.0336. The second kappa shape index (κ2) is 9.59. The number of carbonyl (C=O) groups is 3. The zero-order valence-electron chi connectivity index (χ0n) is 17.9. The van der Waals surface area contributed by atoms with Gasteiger partial charge in [-0.05, 0) is 64.6 Å². The van der Waals surface area contributed by atoms with Crippen LogP contribution >= 0.6 is 34.2 Å². The molecule has 10 heteroatoms. The predicted octanol–water partition coefficient (Wildman–Crippen LogP) is 4.92. The number of fused-ring (bicyclic) bond motifs is 1. The van der Waals surface area contributed by atoms with Crippen LogP contribution in [-0.2, 0) is 16.2 Å². The van der Waals surface area contributed by atoms with Crippen LogP contribution in [0.1, 0.15) is 11.1 Å². The third-order valence-corrected chi connectivity index (χ3v) is 6.54. The number of benzene rings is 3. The van der Waals surface area contributed by atoms with Gasteiger partial charge in [-0.2, -0.15) is 0 Å². The average molecular weight is 603 g/mol. The molecule has 176 valence electrons. The first-order chi connectivity index (χ1) is 16.9. The molecule has 0 unspecified atom stereocenters. The third kappa shape index (κ3) is 4.69. The van der Waals surface area contributed by atoms with Gasteiger partial charge in [-0.25, -0.2) is 9.69 Å². The first-order valence-electron chi connectivity index (χ1n) is 10.4. The SMILES string of the molecule is O=C1NC(=O)N(c2ccc3c(c2)OCO3)C(=O)/C1=C/c1ccc(OCc2ccccc2Cl)c(I)c1. The zero-order valence-corrected chi connectivity index (χ0v) is 20.8. The molecule has 1 fully saturated rings. The number of carbonyl (C=O) groups excluding carboxylic acids is 3. The van der Waals surface area contributed by atoms with Crippen molar-refractivity contribution in [1.29, 1.82) is 0 Å². The largest absolute Gasteiger partial charge is 0.488 e. The Bertz CT molecular complexity index is 1410. The molecular weight excluding hydrogens is 587 g/mol. The van der Waals surface area contributed by atoms with E-state index in [2.05, 4.69) is 27.9 Å². The summed E-state index contributed by atoms with van der Waals surface area (Å²) in [6, 6.07) is 16.5. The minimum Gasteiger partial charge on any atom is -0.488 e. The number of barbiturate groups is 1. The summed E-state index contributed by atoms with van der Waals surface area (Å²) in [5.41, 5.74) is 1.53. The standard InChI is InChI=1S/C25H16ClIN2O6/c26-18-4-2-1-3-15(18)12-33-20-7-5-14(10-19(20)27)9-17-23(30)28-25(32)29(24(17)31)16-6-8-21-22(11-16)35-13-34-21/h1-11H,12-13H2,(H,28,30,32)/b17-9+. The Balaban J connectivity index is 1.38. The van der Waals surface area contributed by atoms with Gasteiger partial charge < -0.3 is 14.2 Å². The number of nitrogens with one attached hydrogen (secondary N) is 1. The van der Waals surface area contributed by atoms with Gasteiger partial charge in [-0.1, -0.05) is 35.9 Å². The number of imide groups is 2. The maximum absolute atomic E-state index is 13.2. The van der Waals surface area contributed by atoms with E-state index in [1.807, 2.05) is 18.2 Å². The summed E-state index contributed by atoms with van der Waals surface area (Å²) < 4.78 is 17.3. The van der Waals surface area contributed by atoms with Crippen LogP contribution in [0, 0.1) is 3.57 Å². The van der Waals surface area contributed by atoms with Crippen molar-refractivity contribution in [3.63, 3.8) is 0 Å².